The van der Waals surface area contributed by atoms with Gasteiger partial charge in [0.2, 0.25) is 5.91 Å². The molecule has 6 heteroatoms. The summed E-state index contributed by atoms with van der Waals surface area (Å²) in [6.07, 6.45) is 1.95. The van der Waals surface area contributed by atoms with Gasteiger partial charge in [-0.25, -0.2) is 9.07 Å². The van der Waals surface area contributed by atoms with Crippen LogP contribution in [-0.2, 0) is 6.42 Å². The third-order valence-corrected chi connectivity index (χ3v) is 4.34. The Balaban J connectivity index is 1.96. The van der Waals surface area contributed by atoms with Crippen LogP contribution in [0.4, 0.5) is 4.39 Å². The number of nitrogens with zero attached hydrogens (tertiary/aromatic N) is 4. The predicted octanol–water partition coefficient (Wildman–Crippen LogP) is 3.62. The molecule has 0 amide bonds. The topological polar surface area (TPSA) is 52.2 Å². The average Bonchev–Trinajstić information content (AvgIpc) is 2.90. The van der Waals surface area contributed by atoms with Crippen molar-refractivity contribution in [3.8, 4) is 5.69 Å². The molecule has 27 heavy (non-hydrogen) atoms. The highest BCUT2D eigenvalue weighted by molar-refractivity contribution is 5.81. The van der Waals surface area contributed by atoms with E-state index in [4.69, 9.17) is 0 Å². The summed E-state index contributed by atoms with van der Waals surface area (Å²) in [7, 11) is 0. The molecule has 5 nitrogen and oxygen atoms in total. The summed E-state index contributed by atoms with van der Waals surface area (Å²) in [6.45, 7) is 7.75. The molecular weight excluding hydrogens is 343 g/mol. The first-order valence-electron chi connectivity index (χ1n) is 8.92. The van der Waals surface area contributed by atoms with Crippen LogP contribution >= 0.6 is 0 Å². The van der Waals surface area contributed by atoms with E-state index in [2.05, 4.69) is 10.1 Å². The van der Waals surface area contributed by atoms with Crippen molar-refractivity contribution in [3.63, 3.8) is 0 Å². The normalized spacial score (nSPS) is 12.0. The first-order valence-corrected chi connectivity index (χ1v) is 8.92. The molecule has 3 rings (SSSR count). The fourth-order valence-electron chi connectivity index (χ4n) is 3.02. The minimum absolute atomic E-state index is 0.0696. The first-order chi connectivity index (χ1) is 12.9. The van der Waals surface area contributed by atoms with E-state index < -0.39 is 0 Å². The van der Waals surface area contributed by atoms with E-state index in [1.807, 2.05) is 45.9 Å². The third-order valence-electron chi connectivity index (χ3n) is 4.34. The third kappa shape index (κ3) is 4.05. The van der Waals surface area contributed by atoms with Gasteiger partial charge >= 0.3 is 0 Å². The highest BCUT2D eigenvalue weighted by Crippen LogP contribution is 2.19. The standard InChI is InChI=1S/C21H23FN4O/c1-14(2)23-20-7-5-6-12-25(20)21(27)13-19-15(3)24-26(16(19)4)18-10-8-17(22)9-11-18/h5-12,14H,13H2,1-4H3. The highest BCUT2D eigenvalue weighted by atomic mass is 19.1. The van der Waals surface area contributed by atoms with Gasteiger partial charge in [-0.15, -0.1) is 0 Å². The molecule has 0 fully saturated rings. The van der Waals surface area contributed by atoms with Gasteiger partial charge in [0.1, 0.15) is 11.3 Å². The minimum atomic E-state index is -0.294. The summed E-state index contributed by atoms with van der Waals surface area (Å²) >= 11 is 0. The van der Waals surface area contributed by atoms with Gasteiger partial charge in [-0.1, -0.05) is 6.07 Å². The maximum Gasteiger partial charge on any atom is 0.236 e. The van der Waals surface area contributed by atoms with Crippen molar-refractivity contribution in [2.75, 3.05) is 0 Å². The Morgan fingerprint density at radius 3 is 2.52 bits per heavy atom. The van der Waals surface area contributed by atoms with Gasteiger partial charge in [-0.2, -0.15) is 5.10 Å². The second-order valence-corrected chi connectivity index (χ2v) is 6.76. The molecule has 0 saturated heterocycles. The van der Waals surface area contributed by atoms with Crippen LogP contribution in [0.25, 0.3) is 5.69 Å². The van der Waals surface area contributed by atoms with Crippen LogP contribution < -0.4 is 5.49 Å². The number of halogens is 1. The van der Waals surface area contributed by atoms with Crippen molar-refractivity contribution in [2.45, 2.75) is 40.2 Å². The fraction of sp³-hybridized carbons (Fsp3) is 0.286. The lowest BCUT2D eigenvalue weighted by molar-refractivity contribution is 0.0908. The van der Waals surface area contributed by atoms with Crippen molar-refractivity contribution in [3.05, 3.63) is 76.9 Å². The van der Waals surface area contributed by atoms with Crippen molar-refractivity contribution in [1.29, 1.82) is 0 Å². The van der Waals surface area contributed by atoms with Gasteiger partial charge in [-0.05, 0) is 64.1 Å². The van der Waals surface area contributed by atoms with Gasteiger partial charge in [0.15, 0.2) is 0 Å². The maximum atomic E-state index is 13.2. The van der Waals surface area contributed by atoms with Crippen LogP contribution in [0.2, 0.25) is 0 Å². The predicted molar refractivity (Wildman–Crippen MR) is 102 cm³/mol. The van der Waals surface area contributed by atoms with E-state index in [-0.39, 0.29) is 24.2 Å². The second kappa shape index (κ2) is 7.70. The number of rotatable bonds is 4. The second-order valence-electron chi connectivity index (χ2n) is 6.76. The number of pyridine rings is 1. The van der Waals surface area contributed by atoms with Gasteiger partial charge in [-0.3, -0.25) is 14.4 Å². The fourth-order valence-corrected chi connectivity index (χ4v) is 3.02. The smallest absolute Gasteiger partial charge is 0.236 e. The molecule has 2 aromatic heterocycles. The first kappa shape index (κ1) is 18.8. The van der Waals surface area contributed by atoms with Crippen LogP contribution in [0.1, 0.15) is 35.6 Å². The highest BCUT2D eigenvalue weighted by Gasteiger charge is 2.17. The number of hydrogen-bond acceptors (Lipinski definition) is 3. The van der Waals surface area contributed by atoms with Gasteiger partial charge in [0.25, 0.3) is 0 Å². The summed E-state index contributed by atoms with van der Waals surface area (Å²) in [5, 5.41) is 4.54. The van der Waals surface area contributed by atoms with Gasteiger partial charge in [0.05, 0.1) is 17.8 Å². The van der Waals surface area contributed by atoms with E-state index in [1.54, 1.807) is 27.6 Å². The van der Waals surface area contributed by atoms with Crippen molar-refractivity contribution < 1.29 is 9.18 Å². The molecule has 0 aliphatic rings. The summed E-state index contributed by atoms with van der Waals surface area (Å²) < 4.78 is 16.5. The molecule has 2 heterocycles. The molecule has 0 unspecified atom stereocenters. The molecule has 0 atom stereocenters. The molecule has 140 valence electrons. The average molecular weight is 366 g/mol. The molecule has 0 radical (unpaired) electrons. The molecule has 0 spiro atoms. The Labute approximate surface area is 157 Å². The van der Waals surface area contributed by atoms with E-state index in [0.29, 0.717) is 5.49 Å². The van der Waals surface area contributed by atoms with Crippen LogP contribution in [-0.4, -0.2) is 26.3 Å². The number of carbonyl (C=O) groups excluding carboxylic acids is 1. The minimum Gasteiger partial charge on any atom is -0.274 e. The number of aryl methyl sites for hydroxylation is 1. The number of hydrogen-bond donors (Lipinski definition) is 0. The van der Waals surface area contributed by atoms with Gasteiger partial charge in [0, 0.05) is 23.5 Å². The van der Waals surface area contributed by atoms with Crippen LogP contribution in [0.15, 0.2) is 53.7 Å². The SMILES string of the molecule is Cc1nn(-c2ccc(F)cc2)c(C)c1CC(=O)n1ccccc1=NC(C)C. The molecular formula is C21H23FN4O. The Kier molecular flexibility index (Phi) is 5.35. The summed E-state index contributed by atoms with van der Waals surface area (Å²) in [4.78, 5) is 17.4. The maximum absolute atomic E-state index is 13.2. The van der Waals surface area contributed by atoms with E-state index in [1.165, 1.54) is 12.1 Å². The Morgan fingerprint density at radius 2 is 1.85 bits per heavy atom. The molecule has 0 aliphatic carbocycles. The van der Waals surface area contributed by atoms with E-state index in [0.717, 1.165) is 22.6 Å². The van der Waals surface area contributed by atoms with Gasteiger partial charge < -0.3 is 0 Å². The van der Waals surface area contributed by atoms with Crippen LogP contribution in [0.5, 0.6) is 0 Å². The lowest BCUT2D eigenvalue weighted by Crippen LogP contribution is -2.29. The molecule has 0 saturated carbocycles. The molecule has 0 bridgehead atoms. The zero-order chi connectivity index (χ0) is 19.6. The zero-order valence-corrected chi connectivity index (χ0v) is 16.0. The summed E-state index contributed by atoms with van der Waals surface area (Å²) in [5.74, 6) is -0.363. The van der Waals surface area contributed by atoms with E-state index in [9.17, 15) is 9.18 Å². The Bertz CT molecular complexity index is 1030. The number of carbonyl (C=O) groups is 1. The largest absolute Gasteiger partial charge is 0.274 e. The lowest BCUT2D eigenvalue weighted by Gasteiger charge is -2.08. The summed E-state index contributed by atoms with van der Waals surface area (Å²) in [6, 6.07) is 11.8. The Hall–Kier alpha value is -3.02. The zero-order valence-electron chi connectivity index (χ0n) is 16.0. The number of aromatic nitrogens is 3. The molecule has 3 aromatic rings. The quantitative estimate of drug-likeness (QED) is 0.708. The lowest BCUT2D eigenvalue weighted by atomic mass is 10.1. The van der Waals surface area contributed by atoms with Crippen LogP contribution in [0.3, 0.4) is 0 Å². The molecule has 1 aromatic carbocycles. The number of benzene rings is 1. The van der Waals surface area contributed by atoms with E-state index >= 15 is 0 Å². The monoisotopic (exact) mass is 366 g/mol. The van der Waals surface area contributed by atoms with Crippen LogP contribution in [0, 0.1) is 19.7 Å². The molecule has 0 N–H and O–H groups in total. The van der Waals surface area contributed by atoms with Crippen molar-refractivity contribution in [2.24, 2.45) is 4.99 Å². The molecule has 0 aliphatic heterocycles. The van der Waals surface area contributed by atoms with Crippen molar-refractivity contribution >= 4 is 5.91 Å². The summed E-state index contributed by atoms with van der Waals surface area (Å²) in [5.41, 5.74) is 3.92. The Morgan fingerprint density at radius 1 is 1.15 bits per heavy atom. The van der Waals surface area contributed by atoms with Crippen molar-refractivity contribution in [1.82, 2.24) is 14.3 Å².